The first-order valence-electron chi connectivity index (χ1n) is 6.66. The van der Waals surface area contributed by atoms with Crippen LogP contribution in [0.2, 0.25) is 5.02 Å². The fraction of sp³-hybridized carbons (Fsp3) is 0.600. The van der Waals surface area contributed by atoms with Crippen LogP contribution in [0.15, 0.2) is 18.2 Å². The van der Waals surface area contributed by atoms with E-state index >= 15 is 0 Å². The van der Waals surface area contributed by atoms with Gasteiger partial charge in [0.2, 0.25) is 0 Å². The fourth-order valence-electron chi connectivity index (χ4n) is 3.07. The van der Waals surface area contributed by atoms with E-state index in [9.17, 15) is 0 Å². The maximum Gasteiger partial charge on any atom is 0.124 e. The summed E-state index contributed by atoms with van der Waals surface area (Å²) in [6.07, 6.45) is 3.48. The van der Waals surface area contributed by atoms with Crippen molar-refractivity contribution in [3.8, 4) is 5.75 Å². The molecule has 0 radical (unpaired) electrons. The second kappa shape index (κ2) is 5.50. The summed E-state index contributed by atoms with van der Waals surface area (Å²) < 4.78 is 5.52. The zero-order valence-electron chi connectivity index (χ0n) is 11.4. The van der Waals surface area contributed by atoms with E-state index in [1.807, 2.05) is 12.1 Å². The minimum Gasteiger partial charge on any atom is -0.496 e. The molecule has 0 bridgehead atoms. The van der Waals surface area contributed by atoms with Gasteiger partial charge in [-0.2, -0.15) is 0 Å². The standard InChI is InChI=1S/C15H22ClNO/c1-11(2)10-15(7-4-8-17-15)13-9-12(16)5-6-14(13)18-3/h5-6,9,11,17H,4,7-8,10H2,1-3H3. The molecule has 1 heterocycles. The quantitative estimate of drug-likeness (QED) is 0.891. The average molecular weight is 268 g/mol. The van der Waals surface area contributed by atoms with Crippen molar-refractivity contribution in [2.24, 2.45) is 5.92 Å². The number of ether oxygens (including phenoxy) is 1. The van der Waals surface area contributed by atoms with Gasteiger partial charge in [0.25, 0.3) is 0 Å². The van der Waals surface area contributed by atoms with E-state index < -0.39 is 0 Å². The minimum atomic E-state index is 0.0322. The van der Waals surface area contributed by atoms with Crippen LogP contribution < -0.4 is 10.1 Å². The molecule has 0 spiro atoms. The lowest BCUT2D eigenvalue weighted by atomic mass is 9.81. The van der Waals surface area contributed by atoms with Crippen molar-refractivity contribution < 1.29 is 4.74 Å². The molecule has 1 aromatic carbocycles. The Hall–Kier alpha value is -0.730. The van der Waals surface area contributed by atoms with E-state index in [-0.39, 0.29) is 5.54 Å². The Labute approximate surface area is 115 Å². The van der Waals surface area contributed by atoms with E-state index in [1.54, 1.807) is 7.11 Å². The first-order valence-corrected chi connectivity index (χ1v) is 7.04. The molecule has 1 aromatic rings. The van der Waals surface area contributed by atoms with Gasteiger partial charge in [-0.25, -0.2) is 0 Å². The van der Waals surface area contributed by atoms with E-state index in [0.29, 0.717) is 5.92 Å². The van der Waals surface area contributed by atoms with E-state index in [1.165, 1.54) is 12.0 Å². The van der Waals surface area contributed by atoms with Crippen molar-refractivity contribution in [1.29, 1.82) is 0 Å². The number of rotatable bonds is 4. The van der Waals surface area contributed by atoms with Crippen molar-refractivity contribution >= 4 is 11.6 Å². The van der Waals surface area contributed by atoms with Gasteiger partial charge in [0.15, 0.2) is 0 Å². The van der Waals surface area contributed by atoms with Gasteiger partial charge < -0.3 is 10.1 Å². The van der Waals surface area contributed by atoms with Crippen LogP contribution in [0.5, 0.6) is 5.75 Å². The first kappa shape index (κ1) is 13.7. The first-order chi connectivity index (χ1) is 8.57. The Morgan fingerprint density at radius 3 is 2.78 bits per heavy atom. The summed E-state index contributed by atoms with van der Waals surface area (Å²) in [6, 6.07) is 5.92. The third kappa shape index (κ3) is 2.65. The van der Waals surface area contributed by atoms with Gasteiger partial charge >= 0.3 is 0 Å². The largest absolute Gasteiger partial charge is 0.496 e. The molecule has 1 aliphatic heterocycles. The number of halogens is 1. The predicted molar refractivity (Wildman–Crippen MR) is 76.4 cm³/mol. The van der Waals surface area contributed by atoms with Crippen molar-refractivity contribution in [1.82, 2.24) is 5.32 Å². The molecule has 1 unspecified atom stereocenters. The summed E-state index contributed by atoms with van der Waals surface area (Å²) in [5.41, 5.74) is 1.24. The van der Waals surface area contributed by atoms with Gasteiger partial charge in [-0.1, -0.05) is 25.4 Å². The van der Waals surface area contributed by atoms with Crippen molar-refractivity contribution in [3.05, 3.63) is 28.8 Å². The molecule has 0 aromatic heterocycles. The van der Waals surface area contributed by atoms with Gasteiger partial charge in [0.1, 0.15) is 5.75 Å². The normalized spacial score (nSPS) is 23.6. The van der Waals surface area contributed by atoms with Crippen LogP contribution >= 0.6 is 11.6 Å². The van der Waals surface area contributed by atoms with E-state index in [2.05, 4.69) is 25.2 Å². The Morgan fingerprint density at radius 1 is 1.44 bits per heavy atom. The molecule has 2 rings (SSSR count). The Balaban J connectivity index is 2.44. The lowest BCUT2D eigenvalue weighted by Crippen LogP contribution is -2.38. The van der Waals surface area contributed by atoms with Crippen LogP contribution in [0.4, 0.5) is 0 Å². The second-order valence-corrected chi connectivity index (χ2v) is 5.99. The average Bonchev–Trinajstić information content (AvgIpc) is 2.77. The molecule has 3 heteroatoms. The van der Waals surface area contributed by atoms with Gasteiger partial charge in [-0.05, 0) is 49.9 Å². The SMILES string of the molecule is COc1ccc(Cl)cc1C1(CC(C)C)CCCN1. The smallest absolute Gasteiger partial charge is 0.124 e. The highest BCUT2D eigenvalue weighted by Crippen LogP contribution is 2.42. The molecule has 0 saturated carbocycles. The summed E-state index contributed by atoms with van der Waals surface area (Å²) in [6.45, 7) is 5.60. The van der Waals surface area contributed by atoms with E-state index in [0.717, 1.165) is 30.2 Å². The Morgan fingerprint density at radius 2 is 2.22 bits per heavy atom. The highest BCUT2D eigenvalue weighted by Gasteiger charge is 2.38. The molecule has 18 heavy (non-hydrogen) atoms. The van der Waals surface area contributed by atoms with Crippen LogP contribution in [-0.4, -0.2) is 13.7 Å². The highest BCUT2D eigenvalue weighted by atomic mass is 35.5. The number of nitrogens with one attached hydrogen (secondary N) is 1. The topological polar surface area (TPSA) is 21.3 Å². The van der Waals surface area contributed by atoms with Crippen molar-refractivity contribution in [3.63, 3.8) is 0 Å². The second-order valence-electron chi connectivity index (χ2n) is 5.56. The monoisotopic (exact) mass is 267 g/mol. The van der Waals surface area contributed by atoms with Crippen LogP contribution in [0.3, 0.4) is 0 Å². The molecule has 1 aliphatic rings. The van der Waals surface area contributed by atoms with Gasteiger partial charge in [-0.3, -0.25) is 0 Å². The molecule has 1 fully saturated rings. The predicted octanol–water partition coefficient (Wildman–Crippen LogP) is 3.97. The van der Waals surface area contributed by atoms with Crippen LogP contribution in [-0.2, 0) is 5.54 Å². The number of benzene rings is 1. The van der Waals surface area contributed by atoms with Crippen molar-refractivity contribution in [2.45, 2.75) is 38.6 Å². The lowest BCUT2D eigenvalue weighted by molar-refractivity contribution is 0.295. The third-order valence-corrected chi connectivity index (χ3v) is 3.91. The molecular weight excluding hydrogens is 246 g/mol. The Kier molecular flexibility index (Phi) is 4.18. The molecule has 100 valence electrons. The van der Waals surface area contributed by atoms with Crippen LogP contribution in [0.1, 0.15) is 38.7 Å². The maximum atomic E-state index is 6.17. The molecule has 0 amide bonds. The summed E-state index contributed by atoms with van der Waals surface area (Å²) in [4.78, 5) is 0. The molecule has 0 aliphatic carbocycles. The molecule has 2 nitrogen and oxygen atoms in total. The Bertz CT molecular complexity index is 411. The number of methoxy groups -OCH3 is 1. The zero-order valence-corrected chi connectivity index (χ0v) is 12.2. The lowest BCUT2D eigenvalue weighted by Gasteiger charge is -2.33. The van der Waals surface area contributed by atoms with Gasteiger partial charge in [-0.15, -0.1) is 0 Å². The molecule has 1 saturated heterocycles. The zero-order chi connectivity index (χ0) is 13.2. The van der Waals surface area contributed by atoms with Crippen LogP contribution in [0.25, 0.3) is 0 Å². The number of hydrogen-bond donors (Lipinski definition) is 1. The minimum absolute atomic E-state index is 0.0322. The number of hydrogen-bond acceptors (Lipinski definition) is 2. The third-order valence-electron chi connectivity index (χ3n) is 3.68. The maximum absolute atomic E-state index is 6.17. The molecule has 1 atom stereocenters. The highest BCUT2D eigenvalue weighted by molar-refractivity contribution is 6.30. The van der Waals surface area contributed by atoms with Crippen LogP contribution in [0, 0.1) is 5.92 Å². The van der Waals surface area contributed by atoms with E-state index in [4.69, 9.17) is 16.3 Å². The molecular formula is C15H22ClNO. The summed E-state index contributed by atoms with van der Waals surface area (Å²) in [7, 11) is 1.73. The van der Waals surface area contributed by atoms with Gasteiger partial charge in [0, 0.05) is 16.1 Å². The fourth-order valence-corrected chi connectivity index (χ4v) is 3.24. The molecule has 1 N–H and O–H groups in total. The summed E-state index contributed by atoms with van der Waals surface area (Å²) >= 11 is 6.17. The van der Waals surface area contributed by atoms with Crippen molar-refractivity contribution in [2.75, 3.05) is 13.7 Å². The van der Waals surface area contributed by atoms with Gasteiger partial charge in [0.05, 0.1) is 7.11 Å². The summed E-state index contributed by atoms with van der Waals surface area (Å²) in [5.74, 6) is 1.58. The summed E-state index contributed by atoms with van der Waals surface area (Å²) in [5, 5.41) is 4.46.